The number of aromatic amines is 1. The number of amides is 1. The molecule has 1 saturated heterocycles. The van der Waals surface area contributed by atoms with Gasteiger partial charge in [-0.15, -0.1) is 0 Å². The smallest absolute Gasteiger partial charge is 0.295 e. The number of nitriles is 1. The van der Waals surface area contributed by atoms with E-state index in [9.17, 15) is 14.0 Å². The summed E-state index contributed by atoms with van der Waals surface area (Å²) in [5, 5.41) is 9.21. The summed E-state index contributed by atoms with van der Waals surface area (Å²) < 4.78 is 14.4. The lowest BCUT2D eigenvalue weighted by atomic mass is 10.1. The van der Waals surface area contributed by atoms with Gasteiger partial charge in [-0.1, -0.05) is 36.4 Å². The predicted octanol–water partition coefficient (Wildman–Crippen LogP) is 2.87. The van der Waals surface area contributed by atoms with Crippen LogP contribution in [0.2, 0.25) is 0 Å². The van der Waals surface area contributed by atoms with Gasteiger partial charge in [-0.25, -0.2) is 4.39 Å². The maximum absolute atomic E-state index is 14.4. The van der Waals surface area contributed by atoms with Crippen molar-refractivity contribution in [1.82, 2.24) is 14.8 Å². The Labute approximate surface area is 178 Å². The van der Waals surface area contributed by atoms with Crippen molar-refractivity contribution in [3.05, 3.63) is 71.2 Å². The fourth-order valence-electron chi connectivity index (χ4n) is 3.86. The number of hydrogen-bond donors (Lipinski definition) is 1. The van der Waals surface area contributed by atoms with E-state index in [1.807, 2.05) is 41.4 Å². The van der Waals surface area contributed by atoms with Gasteiger partial charge in [-0.05, 0) is 18.6 Å². The molecule has 2 aromatic carbocycles. The summed E-state index contributed by atoms with van der Waals surface area (Å²) in [4.78, 5) is 35.9. The molecule has 0 spiro atoms. The Morgan fingerprint density at radius 2 is 1.74 bits per heavy atom. The Bertz CT molecular complexity index is 1220. The van der Waals surface area contributed by atoms with Gasteiger partial charge in [-0.3, -0.25) is 9.59 Å². The van der Waals surface area contributed by atoms with E-state index in [1.54, 1.807) is 13.0 Å². The van der Waals surface area contributed by atoms with E-state index in [0.29, 0.717) is 37.5 Å². The van der Waals surface area contributed by atoms with Crippen LogP contribution < -0.4 is 0 Å². The largest absolute Gasteiger partial charge is 0.360 e. The molecule has 7 nitrogen and oxygen atoms in total. The number of aryl methyl sites for hydroxylation is 1. The van der Waals surface area contributed by atoms with Crippen LogP contribution in [0, 0.1) is 24.2 Å². The Kier molecular flexibility index (Phi) is 5.50. The number of Topliss-reactive ketones (excluding diaryl/α,β-unsaturated/α-hetero) is 1. The lowest BCUT2D eigenvalue weighted by molar-refractivity contribution is -0.127. The number of carbonyl (C=O) groups excluding carboxylic acids is 2. The molecule has 1 aliphatic rings. The summed E-state index contributed by atoms with van der Waals surface area (Å²) in [5.74, 6) is -1.41. The van der Waals surface area contributed by atoms with E-state index in [-0.39, 0.29) is 10.9 Å². The number of H-pyrrole nitrogens is 1. The topological polar surface area (TPSA) is 92.6 Å². The second kappa shape index (κ2) is 8.40. The van der Waals surface area contributed by atoms with E-state index < -0.39 is 17.5 Å². The highest BCUT2D eigenvalue weighted by Crippen LogP contribution is 2.25. The summed E-state index contributed by atoms with van der Waals surface area (Å²) in [6.07, 6.45) is 3.23. The van der Waals surface area contributed by atoms with E-state index in [4.69, 9.17) is 5.26 Å². The summed E-state index contributed by atoms with van der Waals surface area (Å²) in [6, 6.07) is 12.3. The van der Waals surface area contributed by atoms with Gasteiger partial charge in [0.25, 0.3) is 11.7 Å². The van der Waals surface area contributed by atoms with Gasteiger partial charge in [-0.2, -0.15) is 10.3 Å². The maximum atomic E-state index is 14.4. The lowest BCUT2D eigenvalue weighted by Gasteiger charge is -2.35. The number of rotatable bonds is 3. The monoisotopic (exact) mass is 417 g/mol. The highest BCUT2D eigenvalue weighted by molar-refractivity contribution is 6.45. The molecule has 2 heterocycles. The van der Waals surface area contributed by atoms with Crippen molar-refractivity contribution < 1.29 is 14.0 Å². The SMILES string of the molecule is Cc1ccc(F)c2c(C(=O)C(=O)N3CCN(/C(=N/C#N)c4ccccc4)CC3)c[nH]c12. The molecular formula is C23H20FN5O2. The molecule has 1 amide bonds. The maximum Gasteiger partial charge on any atom is 0.295 e. The van der Waals surface area contributed by atoms with Crippen molar-refractivity contribution in [2.75, 3.05) is 26.2 Å². The van der Waals surface area contributed by atoms with Crippen molar-refractivity contribution >= 4 is 28.4 Å². The van der Waals surface area contributed by atoms with Gasteiger partial charge in [0.2, 0.25) is 6.19 Å². The van der Waals surface area contributed by atoms with Crippen LogP contribution in [0.4, 0.5) is 4.39 Å². The van der Waals surface area contributed by atoms with E-state index in [2.05, 4.69) is 9.98 Å². The van der Waals surface area contributed by atoms with Crippen molar-refractivity contribution in [3.63, 3.8) is 0 Å². The molecule has 8 heteroatoms. The average Bonchev–Trinajstić information content (AvgIpc) is 3.26. The first-order valence-electron chi connectivity index (χ1n) is 9.88. The van der Waals surface area contributed by atoms with Crippen LogP contribution in [0.1, 0.15) is 21.5 Å². The summed E-state index contributed by atoms with van der Waals surface area (Å²) >= 11 is 0. The molecule has 3 aromatic rings. The van der Waals surface area contributed by atoms with Gasteiger partial charge in [0.05, 0.1) is 11.1 Å². The lowest BCUT2D eigenvalue weighted by Crippen LogP contribution is -2.52. The van der Waals surface area contributed by atoms with E-state index >= 15 is 0 Å². The Balaban J connectivity index is 1.50. The number of aliphatic imine (C=N–C) groups is 1. The number of halogens is 1. The van der Waals surface area contributed by atoms with Crippen LogP contribution >= 0.6 is 0 Å². The van der Waals surface area contributed by atoms with Gasteiger partial charge in [0.15, 0.2) is 0 Å². The molecule has 0 atom stereocenters. The summed E-state index contributed by atoms with van der Waals surface area (Å²) in [7, 11) is 0. The molecular weight excluding hydrogens is 397 g/mol. The van der Waals surface area contributed by atoms with Crippen molar-refractivity contribution in [2.24, 2.45) is 4.99 Å². The average molecular weight is 417 g/mol. The normalized spacial score (nSPS) is 14.5. The number of benzene rings is 2. The first-order valence-corrected chi connectivity index (χ1v) is 9.88. The number of aromatic nitrogens is 1. The predicted molar refractivity (Wildman–Crippen MR) is 114 cm³/mol. The van der Waals surface area contributed by atoms with Gasteiger partial charge in [0.1, 0.15) is 11.7 Å². The molecule has 1 aromatic heterocycles. The number of amidine groups is 1. The van der Waals surface area contributed by atoms with Crippen LogP contribution in [-0.2, 0) is 4.79 Å². The first-order chi connectivity index (χ1) is 15.0. The molecule has 156 valence electrons. The van der Waals surface area contributed by atoms with Crippen LogP contribution in [0.15, 0.2) is 53.7 Å². The first kappa shape index (κ1) is 20.3. The van der Waals surface area contributed by atoms with Gasteiger partial charge in [0, 0.05) is 43.3 Å². The quantitative estimate of drug-likeness (QED) is 0.233. The third kappa shape index (κ3) is 3.78. The van der Waals surface area contributed by atoms with Crippen LogP contribution in [0.5, 0.6) is 0 Å². The third-order valence-electron chi connectivity index (χ3n) is 5.49. The molecule has 0 saturated carbocycles. The van der Waals surface area contributed by atoms with Crippen LogP contribution in [0.25, 0.3) is 10.9 Å². The molecule has 0 unspecified atom stereocenters. The Morgan fingerprint density at radius 1 is 1.06 bits per heavy atom. The van der Waals surface area contributed by atoms with Gasteiger partial charge >= 0.3 is 0 Å². The van der Waals surface area contributed by atoms with Crippen molar-refractivity contribution in [2.45, 2.75) is 6.92 Å². The molecule has 0 radical (unpaired) electrons. The number of hydrogen-bond acceptors (Lipinski definition) is 4. The number of ketones is 1. The summed E-state index contributed by atoms with van der Waals surface area (Å²) in [6.45, 7) is 3.25. The van der Waals surface area contributed by atoms with Crippen LogP contribution in [0.3, 0.4) is 0 Å². The molecule has 1 aliphatic heterocycles. The van der Waals surface area contributed by atoms with E-state index in [0.717, 1.165) is 11.1 Å². The second-order valence-corrected chi connectivity index (χ2v) is 7.33. The van der Waals surface area contributed by atoms with Crippen LogP contribution in [-0.4, -0.2) is 58.5 Å². The highest BCUT2D eigenvalue weighted by Gasteiger charge is 2.30. The molecule has 0 bridgehead atoms. The van der Waals surface area contributed by atoms with E-state index in [1.165, 1.54) is 17.2 Å². The fraction of sp³-hybridized carbons (Fsp3) is 0.217. The van der Waals surface area contributed by atoms with Crippen molar-refractivity contribution in [3.8, 4) is 6.19 Å². The Hall–Kier alpha value is -3.99. The third-order valence-corrected chi connectivity index (χ3v) is 5.49. The molecule has 4 rings (SSSR count). The minimum absolute atomic E-state index is 0.0413. The second-order valence-electron chi connectivity index (χ2n) is 7.33. The van der Waals surface area contributed by atoms with Gasteiger partial charge < -0.3 is 14.8 Å². The highest BCUT2D eigenvalue weighted by atomic mass is 19.1. The zero-order valence-electron chi connectivity index (χ0n) is 16.9. The zero-order chi connectivity index (χ0) is 22.0. The summed E-state index contributed by atoms with van der Waals surface area (Å²) in [5.41, 5.74) is 2.16. The number of nitrogens with zero attached hydrogens (tertiary/aromatic N) is 4. The molecule has 1 fully saturated rings. The number of piperazine rings is 1. The zero-order valence-corrected chi connectivity index (χ0v) is 16.9. The minimum Gasteiger partial charge on any atom is -0.360 e. The Morgan fingerprint density at radius 3 is 2.42 bits per heavy atom. The minimum atomic E-state index is -0.738. The fourth-order valence-corrected chi connectivity index (χ4v) is 3.86. The molecule has 31 heavy (non-hydrogen) atoms. The number of carbonyl (C=O) groups is 2. The molecule has 0 aliphatic carbocycles. The number of nitrogens with one attached hydrogen (secondary N) is 1. The molecule has 1 N–H and O–H groups in total. The number of fused-ring (bicyclic) bond motifs is 1. The standard InChI is InChI=1S/C23H20FN5O2/c1-15-7-8-18(24)19-17(13-26-20(15)19)21(30)23(31)29-11-9-28(10-12-29)22(27-14-25)16-5-3-2-4-6-16/h2-8,13,26H,9-12H2,1H3/b27-22+. The van der Waals surface area contributed by atoms with Crippen molar-refractivity contribution in [1.29, 1.82) is 5.26 Å².